The molecule has 0 spiro atoms. The minimum absolute atomic E-state index is 0.107. The quantitative estimate of drug-likeness (QED) is 0.319. The van der Waals surface area contributed by atoms with Gasteiger partial charge in [-0.15, -0.1) is 0 Å². The van der Waals surface area contributed by atoms with Crippen molar-refractivity contribution in [1.82, 2.24) is 0 Å². The van der Waals surface area contributed by atoms with Crippen LogP contribution in [0.1, 0.15) is 79.1 Å². The highest BCUT2D eigenvalue weighted by atomic mass is 16.5. The summed E-state index contributed by atoms with van der Waals surface area (Å²) >= 11 is 0. The number of aliphatic hydroxyl groups is 2. The van der Waals surface area contributed by atoms with Crippen LogP contribution < -0.4 is 0 Å². The SMILES string of the molecule is C=C(C(=O)O)[C@H]1CC[C@H](CC[C@@H](O)[C@](C)(O)CC/C=C(\C)CCC=C(C)C)CO1. The molecule has 0 aliphatic carbocycles. The summed E-state index contributed by atoms with van der Waals surface area (Å²) in [5.74, 6) is -0.739. The van der Waals surface area contributed by atoms with Crippen LogP contribution in [0.2, 0.25) is 0 Å². The van der Waals surface area contributed by atoms with Crippen LogP contribution >= 0.6 is 0 Å². The van der Waals surface area contributed by atoms with E-state index in [9.17, 15) is 15.0 Å². The maximum Gasteiger partial charge on any atom is 0.333 e. The van der Waals surface area contributed by atoms with Crippen LogP contribution in [0.25, 0.3) is 0 Å². The molecule has 0 aromatic heterocycles. The second-order valence-corrected chi connectivity index (χ2v) is 8.96. The average molecular weight is 409 g/mol. The van der Waals surface area contributed by atoms with Crippen LogP contribution in [0.4, 0.5) is 0 Å². The molecule has 3 N–H and O–H groups in total. The van der Waals surface area contributed by atoms with E-state index in [4.69, 9.17) is 9.84 Å². The molecule has 1 rings (SSSR count). The van der Waals surface area contributed by atoms with Crippen LogP contribution in [0.5, 0.6) is 0 Å². The summed E-state index contributed by atoms with van der Waals surface area (Å²) in [7, 11) is 0. The number of aliphatic carboxylic acids is 1. The van der Waals surface area contributed by atoms with E-state index in [-0.39, 0.29) is 11.5 Å². The number of carbonyl (C=O) groups is 1. The van der Waals surface area contributed by atoms with E-state index in [1.54, 1.807) is 6.92 Å². The maximum atomic E-state index is 11.0. The third-order valence-electron chi connectivity index (χ3n) is 5.83. The monoisotopic (exact) mass is 408 g/mol. The predicted octanol–water partition coefficient (Wildman–Crippen LogP) is 4.79. The molecule has 166 valence electrons. The zero-order valence-corrected chi connectivity index (χ0v) is 18.6. The molecule has 0 bridgehead atoms. The molecule has 0 aromatic rings. The molecule has 5 heteroatoms. The molecular formula is C24H40O5. The van der Waals surface area contributed by atoms with E-state index >= 15 is 0 Å². The zero-order valence-electron chi connectivity index (χ0n) is 18.6. The number of hydrogen-bond donors (Lipinski definition) is 3. The fraction of sp³-hybridized carbons (Fsp3) is 0.708. The number of carboxylic acids is 1. The van der Waals surface area contributed by atoms with Gasteiger partial charge < -0.3 is 20.1 Å². The van der Waals surface area contributed by atoms with Gasteiger partial charge in [0, 0.05) is 0 Å². The van der Waals surface area contributed by atoms with Gasteiger partial charge in [0.2, 0.25) is 0 Å². The molecule has 0 amide bonds. The van der Waals surface area contributed by atoms with Crippen LogP contribution in [-0.4, -0.2) is 45.7 Å². The Bertz CT molecular complexity index is 590. The summed E-state index contributed by atoms with van der Waals surface area (Å²) in [5, 5.41) is 30.1. The normalized spacial score (nSPS) is 23.2. The van der Waals surface area contributed by atoms with Crippen LogP contribution in [0.3, 0.4) is 0 Å². The van der Waals surface area contributed by atoms with Gasteiger partial charge in [-0.25, -0.2) is 4.79 Å². The Balaban J connectivity index is 2.34. The van der Waals surface area contributed by atoms with Crippen molar-refractivity contribution in [3.63, 3.8) is 0 Å². The van der Waals surface area contributed by atoms with Crippen molar-refractivity contribution in [2.75, 3.05) is 6.61 Å². The van der Waals surface area contributed by atoms with Gasteiger partial charge in [0.05, 0.1) is 30.0 Å². The van der Waals surface area contributed by atoms with Gasteiger partial charge in [0.25, 0.3) is 0 Å². The fourth-order valence-electron chi connectivity index (χ4n) is 3.62. The predicted molar refractivity (Wildman–Crippen MR) is 117 cm³/mol. The summed E-state index contributed by atoms with van der Waals surface area (Å²) < 4.78 is 5.63. The summed E-state index contributed by atoms with van der Waals surface area (Å²) in [6.45, 7) is 12.1. The number of hydrogen-bond acceptors (Lipinski definition) is 4. The Morgan fingerprint density at radius 2 is 1.93 bits per heavy atom. The van der Waals surface area contributed by atoms with Crippen molar-refractivity contribution in [1.29, 1.82) is 0 Å². The lowest BCUT2D eigenvalue weighted by atomic mass is 9.85. The summed E-state index contributed by atoms with van der Waals surface area (Å²) in [6.07, 6.45) is 9.26. The van der Waals surface area contributed by atoms with Gasteiger partial charge in [-0.3, -0.25) is 0 Å². The van der Waals surface area contributed by atoms with Crippen molar-refractivity contribution < 1.29 is 24.9 Å². The fourth-order valence-corrected chi connectivity index (χ4v) is 3.62. The third kappa shape index (κ3) is 9.75. The molecule has 0 saturated carbocycles. The number of aliphatic hydroxyl groups excluding tert-OH is 1. The summed E-state index contributed by atoms with van der Waals surface area (Å²) in [4.78, 5) is 11.0. The van der Waals surface area contributed by atoms with Crippen LogP contribution in [-0.2, 0) is 9.53 Å². The minimum atomic E-state index is -1.12. The van der Waals surface area contributed by atoms with Gasteiger partial charge in [-0.1, -0.05) is 29.9 Å². The van der Waals surface area contributed by atoms with E-state index in [1.807, 2.05) is 0 Å². The van der Waals surface area contributed by atoms with E-state index in [0.29, 0.717) is 25.9 Å². The van der Waals surface area contributed by atoms with Gasteiger partial charge in [-0.05, 0) is 85.0 Å². The Hall–Kier alpha value is -1.43. The van der Waals surface area contributed by atoms with Gasteiger partial charge in [-0.2, -0.15) is 0 Å². The summed E-state index contributed by atoms with van der Waals surface area (Å²) in [5.41, 5.74) is 1.63. The lowest BCUT2D eigenvalue weighted by molar-refractivity contribution is -0.135. The Labute approximate surface area is 176 Å². The highest BCUT2D eigenvalue weighted by Crippen LogP contribution is 2.29. The van der Waals surface area contributed by atoms with E-state index in [2.05, 4.69) is 39.5 Å². The van der Waals surface area contributed by atoms with Crippen molar-refractivity contribution in [2.24, 2.45) is 5.92 Å². The first-order valence-electron chi connectivity index (χ1n) is 10.8. The molecule has 1 aliphatic heterocycles. The molecule has 0 unspecified atom stereocenters. The molecule has 4 atom stereocenters. The maximum absolute atomic E-state index is 11.0. The number of ether oxygens (including phenoxy) is 1. The largest absolute Gasteiger partial charge is 0.478 e. The molecule has 5 nitrogen and oxygen atoms in total. The molecular weight excluding hydrogens is 368 g/mol. The molecule has 1 heterocycles. The molecule has 1 fully saturated rings. The Morgan fingerprint density at radius 3 is 2.48 bits per heavy atom. The number of allylic oxidation sites excluding steroid dienone is 4. The van der Waals surface area contributed by atoms with Crippen LogP contribution in [0, 0.1) is 5.92 Å². The highest BCUT2D eigenvalue weighted by molar-refractivity contribution is 5.86. The Morgan fingerprint density at radius 1 is 1.24 bits per heavy atom. The van der Waals surface area contributed by atoms with Crippen molar-refractivity contribution in [2.45, 2.75) is 96.9 Å². The van der Waals surface area contributed by atoms with Crippen molar-refractivity contribution in [3.05, 3.63) is 35.5 Å². The van der Waals surface area contributed by atoms with E-state index < -0.39 is 23.8 Å². The molecule has 29 heavy (non-hydrogen) atoms. The molecule has 0 aromatic carbocycles. The number of rotatable bonds is 12. The van der Waals surface area contributed by atoms with Crippen molar-refractivity contribution >= 4 is 5.97 Å². The standard InChI is InChI=1S/C24H40O5/c1-17(2)8-6-9-18(3)10-7-15-24(5,28)22(25)14-12-20-11-13-21(29-16-20)19(4)23(26)27/h8,10,20-22,25,28H,4,6-7,9,11-16H2,1-3,5H3,(H,26,27)/b18-10+/t20-,21-,22-,24-/m1/s1. The topological polar surface area (TPSA) is 87.0 Å². The highest BCUT2D eigenvalue weighted by Gasteiger charge is 2.31. The van der Waals surface area contributed by atoms with Gasteiger partial charge in [0.15, 0.2) is 0 Å². The second kappa shape index (κ2) is 12.3. The molecule has 1 saturated heterocycles. The zero-order chi connectivity index (χ0) is 22.0. The lowest BCUT2D eigenvalue weighted by Crippen LogP contribution is -2.39. The number of carboxylic acid groups (broad SMARTS) is 1. The second-order valence-electron chi connectivity index (χ2n) is 8.96. The Kier molecular flexibility index (Phi) is 10.9. The van der Waals surface area contributed by atoms with Gasteiger partial charge >= 0.3 is 5.97 Å². The lowest BCUT2D eigenvalue weighted by Gasteiger charge is -2.32. The molecule has 1 aliphatic rings. The van der Waals surface area contributed by atoms with E-state index in [1.165, 1.54) is 11.1 Å². The molecule has 0 radical (unpaired) electrons. The van der Waals surface area contributed by atoms with E-state index in [0.717, 1.165) is 32.1 Å². The average Bonchev–Trinajstić information content (AvgIpc) is 2.65. The van der Waals surface area contributed by atoms with Gasteiger partial charge in [0.1, 0.15) is 0 Å². The minimum Gasteiger partial charge on any atom is -0.478 e. The third-order valence-corrected chi connectivity index (χ3v) is 5.83. The first-order valence-corrected chi connectivity index (χ1v) is 10.8. The van der Waals surface area contributed by atoms with Crippen LogP contribution in [0.15, 0.2) is 35.5 Å². The smallest absolute Gasteiger partial charge is 0.333 e. The first-order chi connectivity index (χ1) is 13.5. The first kappa shape index (κ1) is 25.6. The van der Waals surface area contributed by atoms with Crippen molar-refractivity contribution in [3.8, 4) is 0 Å². The summed E-state index contributed by atoms with van der Waals surface area (Å²) in [6, 6.07) is 0.